The highest BCUT2D eigenvalue weighted by atomic mass is 79.9. The monoisotopic (exact) mass is 541 g/mol. The second-order valence-corrected chi connectivity index (χ2v) is 10.2. The predicted octanol–water partition coefficient (Wildman–Crippen LogP) is 6.85. The SMILES string of the molecule is CCOC(=O)CCCCc1c(COC2CCCCC2)nn2c(CC)ccc2c1-c1cncc(Br)c1. The summed E-state index contributed by atoms with van der Waals surface area (Å²) in [7, 11) is 0. The van der Waals surface area contributed by atoms with Crippen molar-refractivity contribution in [2.75, 3.05) is 6.61 Å². The molecule has 7 heteroatoms. The first-order valence-corrected chi connectivity index (χ1v) is 13.8. The summed E-state index contributed by atoms with van der Waals surface area (Å²) in [6.45, 7) is 4.93. The average molecular weight is 543 g/mol. The second-order valence-electron chi connectivity index (χ2n) is 9.25. The van der Waals surface area contributed by atoms with E-state index in [-0.39, 0.29) is 5.97 Å². The summed E-state index contributed by atoms with van der Waals surface area (Å²) in [4.78, 5) is 16.3. The fourth-order valence-electron chi connectivity index (χ4n) is 5.01. The van der Waals surface area contributed by atoms with Crippen molar-refractivity contribution >= 4 is 27.4 Å². The van der Waals surface area contributed by atoms with Crippen LogP contribution in [0.4, 0.5) is 0 Å². The van der Waals surface area contributed by atoms with Crippen LogP contribution >= 0.6 is 15.9 Å². The third kappa shape index (κ3) is 6.50. The molecule has 0 saturated heterocycles. The molecular formula is C28H36BrN3O3. The van der Waals surface area contributed by atoms with Crippen LogP contribution in [-0.4, -0.2) is 33.3 Å². The number of aromatic nitrogens is 3. The molecule has 0 radical (unpaired) electrons. The molecule has 3 aromatic heterocycles. The topological polar surface area (TPSA) is 65.7 Å². The van der Waals surface area contributed by atoms with Gasteiger partial charge < -0.3 is 9.47 Å². The Kier molecular flexibility index (Phi) is 9.32. The van der Waals surface area contributed by atoms with E-state index in [2.05, 4.69) is 50.6 Å². The number of carbonyl (C=O) groups is 1. The van der Waals surface area contributed by atoms with Crippen LogP contribution in [-0.2, 0) is 33.7 Å². The van der Waals surface area contributed by atoms with Gasteiger partial charge in [-0.25, -0.2) is 4.52 Å². The number of fused-ring (bicyclic) bond motifs is 1. The van der Waals surface area contributed by atoms with Crippen LogP contribution in [0.3, 0.4) is 0 Å². The van der Waals surface area contributed by atoms with Crippen molar-refractivity contribution in [3.63, 3.8) is 0 Å². The first kappa shape index (κ1) is 25.8. The summed E-state index contributed by atoms with van der Waals surface area (Å²) >= 11 is 3.60. The number of hydrogen-bond donors (Lipinski definition) is 0. The summed E-state index contributed by atoms with van der Waals surface area (Å²) in [5, 5.41) is 5.11. The first-order chi connectivity index (χ1) is 17.1. The molecule has 0 bridgehead atoms. The molecule has 0 aromatic carbocycles. The summed E-state index contributed by atoms with van der Waals surface area (Å²) < 4.78 is 14.6. The molecule has 0 unspecified atom stereocenters. The highest BCUT2D eigenvalue weighted by Crippen LogP contribution is 2.34. The van der Waals surface area contributed by atoms with E-state index in [1.54, 1.807) is 0 Å². The standard InChI is InChI=1S/C28H36BrN3O3/c1-3-22-14-15-26-28(20-16-21(29)18-30-17-20)24(12-8-9-13-27(33)34-4-2)25(31-32(22)26)19-35-23-10-6-5-7-11-23/h14-18,23H,3-13,19H2,1-2H3. The molecule has 35 heavy (non-hydrogen) atoms. The minimum absolute atomic E-state index is 0.127. The zero-order valence-electron chi connectivity index (χ0n) is 20.9. The van der Waals surface area contributed by atoms with Crippen LogP contribution < -0.4 is 0 Å². The Balaban J connectivity index is 1.71. The zero-order chi connectivity index (χ0) is 24.6. The quantitative estimate of drug-likeness (QED) is 0.196. The van der Waals surface area contributed by atoms with Crippen molar-refractivity contribution in [3.8, 4) is 11.1 Å². The predicted molar refractivity (Wildman–Crippen MR) is 141 cm³/mol. The zero-order valence-corrected chi connectivity index (χ0v) is 22.5. The van der Waals surface area contributed by atoms with E-state index in [9.17, 15) is 4.79 Å². The van der Waals surface area contributed by atoms with Crippen LogP contribution in [0.25, 0.3) is 16.6 Å². The molecule has 4 rings (SSSR count). The Bertz CT molecular complexity index is 1140. The van der Waals surface area contributed by atoms with Gasteiger partial charge in [-0.3, -0.25) is 9.78 Å². The number of unbranched alkanes of at least 4 members (excludes halogenated alkanes) is 1. The fraction of sp³-hybridized carbons (Fsp3) is 0.536. The number of halogens is 1. The van der Waals surface area contributed by atoms with Gasteiger partial charge in [0, 0.05) is 40.1 Å². The van der Waals surface area contributed by atoms with E-state index in [4.69, 9.17) is 14.6 Å². The van der Waals surface area contributed by atoms with Gasteiger partial charge >= 0.3 is 5.97 Å². The minimum atomic E-state index is -0.127. The Hall–Kier alpha value is -2.25. The van der Waals surface area contributed by atoms with Crippen molar-refractivity contribution in [2.24, 2.45) is 0 Å². The lowest BCUT2D eigenvalue weighted by atomic mass is 9.95. The fourth-order valence-corrected chi connectivity index (χ4v) is 5.38. The normalized spacial score (nSPS) is 14.5. The molecular weight excluding hydrogens is 506 g/mol. The van der Waals surface area contributed by atoms with Crippen LogP contribution in [0.1, 0.15) is 82.2 Å². The van der Waals surface area contributed by atoms with Crippen molar-refractivity contribution < 1.29 is 14.3 Å². The minimum Gasteiger partial charge on any atom is -0.466 e. The third-order valence-electron chi connectivity index (χ3n) is 6.79. The highest BCUT2D eigenvalue weighted by molar-refractivity contribution is 9.10. The van der Waals surface area contributed by atoms with Gasteiger partial charge in [-0.2, -0.15) is 5.10 Å². The molecule has 0 atom stereocenters. The van der Waals surface area contributed by atoms with Crippen molar-refractivity contribution in [2.45, 2.75) is 90.8 Å². The van der Waals surface area contributed by atoms with Gasteiger partial charge in [-0.15, -0.1) is 0 Å². The van der Waals surface area contributed by atoms with E-state index in [1.807, 2.05) is 19.3 Å². The molecule has 1 aliphatic rings. The molecule has 3 heterocycles. The Morgan fingerprint density at radius 1 is 1.14 bits per heavy atom. The highest BCUT2D eigenvalue weighted by Gasteiger charge is 2.21. The second kappa shape index (κ2) is 12.6. The number of carbonyl (C=O) groups excluding carboxylic acids is 1. The molecule has 0 aliphatic heterocycles. The van der Waals surface area contributed by atoms with Crippen molar-refractivity contribution in [1.29, 1.82) is 0 Å². The molecule has 0 N–H and O–H groups in total. The molecule has 1 saturated carbocycles. The Labute approximate surface area is 216 Å². The van der Waals surface area contributed by atoms with Crippen LogP contribution in [0.5, 0.6) is 0 Å². The lowest BCUT2D eigenvalue weighted by Crippen LogP contribution is -2.18. The molecule has 1 fully saturated rings. The maximum Gasteiger partial charge on any atom is 0.305 e. The molecule has 3 aromatic rings. The molecule has 0 spiro atoms. The third-order valence-corrected chi connectivity index (χ3v) is 7.22. The summed E-state index contributed by atoms with van der Waals surface area (Å²) in [6, 6.07) is 6.44. The van der Waals surface area contributed by atoms with Gasteiger partial charge in [0.1, 0.15) is 0 Å². The van der Waals surface area contributed by atoms with E-state index >= 15 is 0 Å². The van der Waals surface area contributed by atoms with Gasteiger partial charge in [-0.05, 0) is 85.1 Å². The van der Waals surface area contributed by atoms with Gasteiger partial charge in [0.05, 0.1) is 30.5 Å². The van der Waals surface area contributed by atoms with E-state index in [0.717, 1.165) is 65.3 Å². The number of ether oxygens (including phenoxy) is 2. The van der Waals surface area contributed by atoms with Gasteiger partial charge in [0.25, 0.3) is 0 Å². The largest absolute Gasteiger partial charge is 0.466 e. The number of aryl methyl sites for hydroxylation is 1. The molecule has 6 nitrogen and oxygen atoms in total. The van der Waals surface area contributed by atoms with E-state index in [0.29, 0.717) is 25.7 Å². The maximum atomic E-state index is 11.9. The Morgan fingerprint density at radius 3 is 2.71 bits per heavy atom. The summed E-state index contributed by atoms with van der Waals surface area (Å²) in [5.41, 5.74) is 6.66. The van der Waals surface area contributed by atoms with E-state index < -0.39 is 0 Å². The van der Waals surface area contributed by atoms with Crippen molar-refractivity contribution in [1.82, 2.24) is 14.6 Å². The number of rotatable bonds is 11. The van der Waals surface area contributed by atoms with E-state index in [1.165, 1.54) is 30.5 Å². The molecule has 188 valence electrons. The van der Waals surface area contributed by atoms with Crippen LogP contribution in [0, 0.1) is 0 Å². The maximum absolute atomic E-state index is 11.9. The Morgan fingerprint density at radius 2 is 1.97 bits per heavy atom. The molecule has 0 amide bonds. The van der Waals surface area contributed by atoms with Crippen LogP contribution in [0.2, 0.25) is 0 Å². The lowest BCUT2D eigenvalue weighted by Gasteiger charge is -2.23. The number of esters is 1. The van der Waals surface area contributed by atoms with Crippen molar-refractivity contribution in [3.05, 3.63) is 52.0 Å². The number of nitrogens with zero attached hydrogens (tertiary/aromatic N) is 3. The van der Waals surface area contributed by atoms with Gasteiger partial charge in [-0.1, -0.05) is 26.2 Å². The summed E-state index contributed by atoms with van der Waals surface area (Å²) in [5.74, 6) is -0.127. The smallest absolute Gasteiger partial charge is 0.305 e. The van der Waals surface area contributed by atoms with Crippen LogP contribution in [0.15, 0.2) is 35.1 Å². The average Bonchev–Trinajstić information content (AvgIpc) is 3.28. The number of pyridine rings is 1. The molecule has 1 aliphatic carbocycles. The first-order valence-electron chi connectivity index (χ1n) is 13.0. The van der Waals surface area contributed by atoms with Gasteiger partial charge in [0.15, 0.2) is 0 Å². The lowest BCUT2D eigenvalue weighted by molar-refractivity contribution is -0.143. The number of hydrogen-bond acceptors (Lipinski definition) is 5. The summed E-state index contributed by atoms with van der Waals surface area (Å²) in [6.07, 6.45) is 13.9. The van der Waals surface area contributed by atoms with Gasteiger partial charge in [0.2, 0.25) is 0 Å².